The van der Waals surface area contributed by atoms with Crippen LogP contribution in [0.5, 0.6) is 0 Å². The van der Waals surface area contributed by atoms with Crippen LogP contribution in [0.4, 0.5) is 5.82 Å². The van der Waals surface area contributed by atoms with Gasteiger partial charge in [0, 0.05) is 13.1 Å². The molecule has 0 aliphatic carbocycles. The molecule has 0 bridgehead atoms. The lowest BCUT2D eigenvalue weighted by molar-refractivity contribution is 0.0690. The van der Waals surface area contributed by atoms with E-state index in [-0.39, 0.29) is 5.69 Å². The number of aromatic carboxylic acids is 1. The van der Waals surface area contributed by atoms with Crippen molar-refractivity contribution in [1.82, 2.24) is 4.98 Å². The Hall–Kier alpha value is -1.84. The lowest BCUT2D eigenvalue weighted by Crippen LogP contribution is -2.24. The summed E-state index contributed by atoms with van der Waals surface area (Å²) < 4.78 is 0. The summed E-state index contributed by atoms with van der Waals surface area (Å²) in [6, 6.07) is 4.96. The highest BCUT2D eigenvalue weighted by Gasteiger charge is 2.08. The zero-order chi connectivity index (χ0) is 11.3. The number of rotatable bonds is 5. The van der Waals surface area contributed by atoms with E-state index < -0.39 is 5.97 Å². The van der Waals surface area contributed by atoms with Crippen molar-refractivity contribution in [2.75, 3.05) is 18.0 Å². The molecule has 4 nitrogen and oxygen atoms in total. The number of pyridine rings is 1. The highest BCUT2D eigenvalue weighted by atomic mass is 16.4. The van der Waals surface area contributed by atoms with Crippen LogP contribution in [0, 0.1) is 0 Å². The minimum absolute atomic E-state index is 0.0648. The Kier molecular flexibility index (Phi) is 3.85. The predicted molar refractivity (Wildman–Crippen MR) is 59.3 cm³/mol. The molecular formula is C11H14N2O2. The van der Waals surface area contributed by atoms with E-state index in [9.17, 15) is 4.79 Å². The molecule has 1 N–H and O–H groups in total. The first-order valence-corrected chi connectivity index (χ1v) is 4.75. The maximum absolute atomic E-state index is 10.7. The van der Waals surface area contributed by atoms with Gasteiger partial charge in [-0.05, 0) is 19.1 Å². The Labute approximate surface area is 88.9 Å². The third-order valence-corrected chi connectivity index (χ3v) is 2.01. The minimum Gasteiger partial charge on any atom is -0.477 e. The Morgan fingerprint density at radius 1 is 1.67 bits per heavy atom. The number of nitrogens with zero attached hydrogens (tertiary/aromatic N) is 2. The average molecular weight is 206 g/mol. The van der Waals surface area contributed by atoms with E-state index in [1.165, 1.54) is 6.07 Å². The zero-order valence-electron chi connectivity index (χ0n) is 8.68. The van der Waals surface area contributed by atoms with Gasteiger partial charge in [-0.3, -0.25) is 0 Å². The lowest BCUT2D eigenvalue weighted by atomic mass is 10.3. The van der Waals surface area contributed by atoms with Crippen LogP contribution in [0.1, 0.15) is 17.4 Å². The first kappa shape index (κ1) is 11.2. The molecule has 0 aliphatic heterocycles. The van der Waals surface area contributed by atoms with Crippen LogP contribution in [0.2, 0.25) is 0 Å². The molecule has 0 atom stereocenters. The molecule has 4 heteroatoms. The normalized spacial score (nSPS) is 9.67. The molecule has 1 aromatic heterocycles. The smallest absolute Gasteiger partial charge is 0.354 e. The molecule has 0 spiro atoms. The summed E-state index contributed by atoms with van der Waals surface area (Å²) in [5.74, 6) is -0.344. The van der Waals surface area contributed by atoms with Crippen molar-refractivity contribution < 1.29 is 9.90 Å². The van der Waals surface area contributed by atoms with Gasteiger partial charge in [0.1, 0.15) is 5.82 Å². The van der Waals surface area contributed by atoms with Gasteiger partial charge in [0.2, 0.25) is 0 Å². The van der Waals surface area contributed by atoms with E-state index in [1.807, 2.05) is 11.8 Å². The van der Waals surface area contributed by atoms with Crippen molar-refractivity contribution in [3.63, 3.8) is 0 Å². The third-order valence-electron chi connectivity index (χ3n) is 2.01. The van der Waals surface area contributed by atoms with Gasteiger partial charge in [0.05, 0.1) is 0 Å². The number of likely N-dealkylation sites (N-methyl/N-ethyl adjacent to an activating group) is 1. The lowest BCUT2D eigenvalue weighted by Gasteiger charge is -2.19. The van der Waals surface area contributed by atoms with E-state index in [0.29, 0.717) is 12.4 Å². The molecular weight excluding hydrogens is 192 g/mol. The Balaban J connectivity index is 2.97. The third kappa shape index (κ3) is 2.80. The van der Waals surface area contributed by atoms with E-state index in [4.69, 9.17) is 5.11 Å². The topological polar surface area (TPSA) is 53.4 Å². The number of anilines is 1. The summed E-state index contributed by atoms with van der Waals surface area (Å²) in [6.45, 7) is 7.06. The van der Waals surface area contributed by atoms with Crippen LogP contribution in [-0.4, -0.2) is 29.1 Å². The Morgan fingerprint density at radius 2 is 2.40 bits per heavy atom. The Morgan fingerprint density at radius 3 is 2.93 bits per heavy atom. The molecule has 0 amide bonds. The van der Waals surface area contributed by atoms with Gasteiger partial charge in [-0.25, -0.2) is 9.78 Å². The number of hydrogen-bond acceptors (Lipinski definition) is 3. The van der Waals surface area contributed by atoms with Crippen molar-refractivity contribution in [2.24, 2.45) is 0 Å². The quantitative estimate of drug-likeness (QED) is 0.746. The van der Waals surface area contributed by atoms with E-state index in [2.05, 4.69) is 11.6 Å². The molecule has 0 saturated heterocycles. The van der Waals surface area contributed by atoms with Crippen molar-refractivity contribution >= 4 is 11.8 Å². The summed E-state index contributed by atoms with van der Waals surface area (Å²) in [7, 11) is 0. The molecule has 0 radical (unpaired) electrons. The van der Waals surface area contributed by atoms with Gasteiger partial charge < -0.3 is 10.0 Å². The first-order chi connectivity index (χ1) is 7.19. The monoisotopic (exact) mass is 206 g/mol. The van der Waals surface area contributed by atoms with Crippen molar-refractivity contribution in [3.8, 4) is 0 Å². The zero-order valence-corrected chi connectivity index (χ0v) is 8.68. The molecule has 0 aliphatic rings. The van der Waals surface area contributed by atoms with Gasteiger partial charge in [-0.15, -0.1) is 6.58 Å². The number of aromatic nitrogens is 1. The summed E-state index contributed by atoms with van der Waals surface area (Å²) in [5, 5.41) is 8.79. The molecule has 0 aromatic carbocycles. The molecule has 0 fully saturated rings. The predicted octanol–water partition coefficient (Wildman–Crippen LogP) is 1.79. The van der Waals surface area contributed by atoms with E-state index >= 15 is 0 Å². The van der Waals surface area contributed by atoms with Crippen molar-refractivity contribution in [2.45, 2.75) is 6.92 Å². The number of carboxylic acids is 1. The van der Waals surface area contributed by atoms with Gasteiger partial charge in [-0.2, -0.15) is 0 Å². The second-order valence-electron chi connectivity index (χ2n) is 3.01. The van der Waals surface area contributed by atoms with Crippen LogP contribution < -0.4 is 4.90 Å². The Bertz CT molecular complexity index is 363. The summed E-state index contributed by atoms with van der Waals surface area (Å²) >= 11 is 0. The van der Waals surface area contributed by atoms with E-state index in [0.717, 1.165) is 6.54 Å². The number of carboxylic acid groups (broad SMARTS) is 1. The fourth-order valence-electron chi connectivity index (χ4n) is 1.26. The molecule has 1 rings (SSSR count). The molecule has 1 aromatic rings. The van der Waals surface area contributed by atoms with Gasteiger partial charge in [0.25, 0.3) is 0 Å². The van der Waals surface area contributed by atoms with Crippen molar-refractivity contribution in [3.05, 3.63) is 36.5 Å². The maximum atomic E-state index is 10.7. The fraction of sp³-hybridized carbons (Fsp3) is 0.273. The highest BCUT2D eigenvalue weighted by molar-refractivity contribution is 5.85. The molecule has 0 unspecified atom stereocenters. The van der Waals surface area contributed by atoms with Crippen LogP contribution in [-0.2, 0) is 0 Å². The number of hydrogen-bond donors (Lipinski definition) is 1. The standard InChI is InChI=1S/C11H14N2O2/c1-3-8-13(4-2)10-7-5-6-9(12-10)11(14)15/h3,5-7H,1,4,8H2,2H3,(H,14,15). The molecule has 1 heterocycles. The largest absolute Gasteiger partial charge is 0.477 e. The van der Waals surface area contributed by atoms with Crippen LogP contribution in [0.15, 0.2) is 30.9 Å². The minimum atomic E-state index is -1.01. The van der Waals surface area contributed by atoms with E-state index in [1.54, 1.807) is 18.2 Å². The van der Waals surface area contributed by atoms with Crippen LogP contribution in [0.25, 0.3) is 0 Å². The van der Waals surface area contributed by atoms with Crippen LogP contribution >= 0.6 is 0 Å². The summed E-state index contributed by atoms with van der Waals surface area (Å²) in [6.07, 6.45) is 1.76. The second kappa shape index (κ2) is 5.14. The maximum Gasteiger partial charge on any atom is 0.354 e. The van der Waals surface area contributed by atoms with Gasteiger partial charge in [0.15, 0.2) is 5.69 Å². The summed E-state index contributed by atoms with van der Waals surface area (Å²) in [4.78, 5) is 16.7. The van der Waals surface area contributed by atoms with Crippen molar-refractivity contribution in [1.29, 1.82) is 0 Å². The van der Waals surface area contributed by atoms with Crippen LogP contribution in [0.3, 0.4) is 0 Å². The second-order valence-corrected chi connectivity index (χ2v) is 3.01. The average Bonchev–Trinajstić information content (AvgIpc) is 2.26. The van der Waals surface area contributed by atoms with Gasteiger partial charge >= 0.3 is 5.97 Å². The molecule has 15 heavy (non-hydrogen) atoms. The number of carbonyl (C=O) groups is 1. The first-order valence-electron chi connectivity index (χ1n) is 4.75. The van der Waals surface area contributed by atoms with Gasteiger partial charge in [-0.1, -0.05) is 12.1 Å². The highest BCUT2D eigenvalue weighted by Crippen LogP contribution is 2.11. The molecule has 0 saturated carbocycles. The summed E-state index contributed by atoms with van der Waals surface area (Å²) in [5.41, 5.74) is 0.0648. The SMILES string of the molecule is C=CCN(CC)c1cccc(C(=O)O)n1. The fourth-order valence-corrected chi connectivity index (χ4v) is 1.26. The molecule has 80 valence electrons.